The van der Waals surface area contributed by atoms with Crippen LogP contribution in [0, 0.1) is 0 Å². The summed E-state index contributed by atoms with van der Waals surface area (Å²) in [7, 11) is 2.02. The normalized spacial score (nSPS) is 11.8. The molecule has 0 amide bonds. The molecule has 0 atom stereocenters. The van der Waals surface area contributed by atoms with E-state index < -0.39 is 11.7 Å². The van der Waals surface area contributed by atoms with Gasteiger partial charge in [0.1, 0.15) is 5.82 Å². The van der Waals surface area contributed by atoms with Crippen molar-refractivity contribution in [2.24, 2.45) is 0 Å². The summed E-state index contributed by atoms with van der Waals surface area (Å²) in [6.45, 7) is 3.47. The molecule has 0 fully saturated rings. The fraction of sp³-hybridized carbons (Fsp3) is 0.360. The summed E-state index contributed by atoms with van der Waals surface area (Å²) >= 11 is 0. The van der Waals surface area contributed by atoms with Crippen molar-refractivity contribution in [2.75, 3.05) is 13.6 Å². The van der Waals surface area contributed by atoms with Crippen molar-refractivity contribution >= 4 is 0 Å². The Morgan fingerprint density at radius 1 is 0.969 bits per heavy atom. The number of aromatic nitrogens is 2. The van der Waals surface area contributed by atoms with Crippen LogP contribution in [-0.2, 0) is 38.4 Å². The van der Waals surface area contributed by atoms with Crippen LogP contribution in [0.3, 0.4) is 0 Å². The second kappa shape index (κ2) is 10.6. The first-order chi connectivity index (χ1) is 15.3. The van der Waals surface area contributed by atoms with E-state index in [-0.39, 0.29) is 5.56 Å². The van der Waals surface area contributed by atoms with Gasteiger partial charge in [-0.05, 0) is 43.5 Å². The second-order valence-electron chi connectivity index (χ2n) is 7.96. The maximum Gasteiger partial charge on any atom is 0.416 e. The molecule has 170 valence electrons. The Kier molecular flexibility index (Phi) is 7.85. The predicted molar refractivity (Wildman–Crippen MR) is 120 cm³/mol. The van der Waals surface area contributed by atoms with Gasteiger partial charge >= 0.3 is 6.18 Å². The van der Waals surface area contributed by atoms with Crippen LogP contribution >= 0.6 is 0 Å². The van der Waals surface area contributed by atoms with Gasteiger partial charge in [0.2, 0.25) is 0 Å². The average Bonchev–Trinajstić information content (AvgIpc) is 2.77. The van der Waals surface area contributed by atoms with E-state index >= 15 is 0 Å². The van der Waals surface area contributed by atoms with Gasteiger partial charge in [-0.15, -0.1) is 0 Å². The van der Waals surface area contributed by atoms with E-state index in [1.54, 1.807) is 6.07 Å². The SMILES string of the molecule is CCc1nc(CCc2cccc(C(F)(F)F)c2)[nH]c(=O)c1CCN(C)Cc1ccccc1. The van der Waals surface area contributed by atoms with Gasteiger partial charge in [-0.25, -0.2) is 4.98 Å². The second-order valence-corrected chi connectivity index (χ2v) is 7.96. The number of nitrogens with one attached hydrogen (secondary N) is 1. The number of H-pyrrole nitrogens is 1. The first-order valence-corrected chi connectivity index (χ1v) is 10.8. The molecule has 0 radical (unpaired) electrons. The van der Waals surface area contributed by atoms with Gasteiger partial charge in [0, 0.05) is 25.1 Å². The number of likely N-dealkylation sites (N-methyl/N-ethyl adjacent to an activating group) is 1. The number of alkyl halides is 3. The third kappa shape index (κ3) is 6.53. The zero-order valence-electron chi connectivity index (χ0n) is 18.4. The van der Waals surface area contributed by atoms with Crippen molar-refractivity contribution in [1.82, 2.24) is 14.9 Å². The van der Waals surface area contributed by atoms with Gasteiger partial charge in [0.25, 0.3) is 5.56 Å². The minimum atomic E-state index is -4.37. The molecule has 0 spiro atoms. The molecule has 0 aliphatic carbocycles. The average molecular weight is 444 g/mol. The van der Waals surface area contributed by atoms with Crippen molar-refractivity contribution in [3.63, 3.8) is 0 Å². The monoisotopic (exact) mass is 443 g/mol. The Morgan fingerprint density at radius 2 is 1.69 bits per heavy atom. The van der Waals surface area contributed by atoms with Gasteiger partial charge in [-0.3, -0.25) is 4.79 Å². The molecule has 4 nitrogen and oxygen atoms in total. The van der Waals surface area contributed by atoms with E-state index in [0.29, 0.717) is 42.6 Å². The van der Waals surface area contributed by atoms with Crippen LogP contribution < -0.4 is 5.56 Å². The molecule has 1 heterocycles. The topological polar surface area (TPSA) is 49.0 Å². The summed E-state index contributed by atoms with van der Waals surface area (Å²) in [5.41, 5.74) is 2.37. The van der Waals surface area contributed by atoms with Crippen molar-refractivity contribution < 1.29 is 13.2 Å². The van der Waals surface area contributed by atoms with Crippen LogP contribution in [0.2, 0.25) is 0 Å². The summed E-state index contributed by atoms with van der Waals surface area (Å²) in [6, 6.07) is 15.4. The molecule has 0 aliphatic heterocycles. The molecule has 0 aliphatic rings. The lowest BCUT2D eigenvalue weighted by molar-refractivity contribution is -0.137. The van der Waals surface area contributed by atoms with Crippen LogP contribution in [-0.4, -0.2) is 28.5 Å². The first-order valence-electron chi connectivity index (χ1n) is 10.8. The number of nitrogens with zero attached hydrogens (tertiary/aromatic N) is 2. The molecular formula is C25H28F3N3O. The largest absolute Gasteiger partial charge is 0.416 e. The van der Waals surface area contributed by atoms with E-state index in [1.807, 2.05) is 32.2 Å². The Bertz CT molecular complexity index is 1080. The van der Waals surface area contributed by atoms with Crippen LogP contribution in [0.4, 0.5) is 13.2 Å². The van der Waals surface area contributed by atoms with E-state index in [2.05, 4.69) is 27.0 Å². The zero-order valence-corrected chi connectivity index (χ0v) is 18.4. The lowest BCUT2D eigenvalue weighted by Gasteiger charge is -2.17. The van der Waals surface area contributed by atoms with Crippen LogP contribution in [0.5, 0.6) is 0 Å². The molecule has 32 heavy (non-hydrogen) atoms. The number of aromatic amines is 1. The minimum absolute atomic E-state index is 0.163. The van der Waals surface area contributed by atoms with Crippen molar-refractivity contribution in [3.8, 4) is 0 Å². The Balaban J connectivity index is 1.65. The fourth-order valence-electron chi connectivity index (χ4n) is 3.71. The predicted octanol–water partition coefficient (Wildman–Crippen LogP) is 4.81. The minimum Gasteiger partial charge on any atom is -0.310 e. The Hall–Kier alpha value is -2.93. The van der Waals surface area contributed by atoms with Gasteiger partial charge in [-0.1, -0.05) is 55.5 Å². The Labute approximate surface area is 186 Å². The quantitative estimate of drug-likeness (QED) is 0.516. The molecule has 3 aromatic rings. The highest BCUT2D eigenvalue weighted by Gasteiger charge is 2.30. The van der Waals surface area contributed by atoms with Gasteiger partial charge < -0.3 is 9.88 Å². The van der Waals surface area contributed by atoms with Crippen molar-refractivity contribution in [2.45, 2.75) is 45.3 Å². The summed E-state index contributed by atoms with van der Waals surface area (Å²) in [5.74, 6) is 0.505. The summed E-state index contributed by atoms with van der Waals surface area (Å²) < 4.78 is 38.7. The van der Waals surface area contributed by atoms with Gasteiger partial charge in [0.15, 0.2) is 0 Å². The van der Waals surface area contributed by atoms with E-state index in [1.165, 1.54) is 11.6 Å². The molecular weight excluding hydrogens is 415 g/mol. The molecule has 7 heteroatoms. The Morgan fingerprint density at radius 3 is 2.38 bits per heavy atom. The van der Waals surface area contributed by atoms with E-state index in [0.717, 1.165) is 30.9 Å². The maximum absolute atomic E-state index is 12.9. The molecule has 2 aromatic carbocycles. The number of aryl methyl sites for hydroxylation is 3. The lowest BCUT2D eigenvalue weighted by atomic mass is 10.1. The summed E-state index contributed by atoms with van der Waals surface area (Å²) in [6.07, 6.45) is -2.42. The highest BCUT2D eigenvalue weighted by Crippen LogP contribution is 2.29. The lowest BCUT2D eigenvalue weighted by Crippen LogP contribution is -2.26. The van der Waals surface area contributed by atoms with E-state index in [4.69, 9.17) is 0 Å². The highest BCUT2D eigenvalue weighted by molar-refractivity contribution is 5.26. The smallest absolute Gasteiger partial charge is 0.310 e. The standard InChI is InChI=1S/C25H28F3N3O/c1-3-22-21(14-15-31(2)17-19-8-5-4-6-9-19)24(32)30-23(29-22)13-12-18-10-7-11-20(16-18)25(26,27)28/h4-11,16H,3,12-15,17H2,1-2H3,(H,29,30,32). The van der Waals surface area contributed by atoms with Crippen LogP contribution in [0.15, 0.2) is 59.4 Å². The van der Waals surface area contributed by atoms with E-state index in [9.17, 15) is 18.0 Å². The molecule has 0 unspecified atom stereocenters. The number of hydrogen-bond acceptors (Lipinski definition) is 3. The first kappa shape index (κ1) is 23.7. The number of benzene rings is 2. The maximum atomic E-state index is 12.9. The van der Waals surface area contributed by atoms with Gasteiger partial charge in [-0.2, -0.15) is 13.2 Å². The molecule has 3 rings (SSSR count). The van der Waals surface area contributed by atoms with Gasteiger partial charge in [0.05, 0.1) is 11.3 Å². The fourth-order valence-corrected chi connectivity index (χ4v) is 3.71. The van der Waals surface area contributed by atoms with Crippen LogP contribution in [0.1, 0.15) is 40.7 Å². The molecule has 0 bridgehead atoms. The molecule has 1 aromatic heterocycles. The number of halogens is 3. The number of rotatable bonds is 9. The zero-order chi connectivity index (χ0) is 23.1. The molecule has 0 saturated carbocycles. The molecule has 0 saturated heterocycles. The highest BCUT2D eigenvalue weighted by atomic mass is 19.4. The van der Waals surface area contributed by atoms with Crippen LogP contribution in [0.25, 0.3) is 0 Å². The van der Waals surface area contributed by atoms with Crippen molar-refractivity contribution in [3.05, 3.63) is 98.7 Å². The number of hydrogen-bond donors (Lipinski definition) is 1. The summed E-state index contributed by atoms with van der Waals surface area (Å²) in [4.78, 5) is 22.3. The molecule has 1 N–H and O–H groups in total. The third-order valence-electron chi connectivity index (χ3n) is 5.43. The van der Waals surface area contributed by atoms with Crippen molar-refractivity contribution in [1.29, 1.82) is 0 Å². The summed E-state index contributed by atoms with van der Waals surface area (Å²) in [5, 5.41) is 0. The third-order valence-corrected chi connectivity index (χ3v) is 5.43.